The van der Waals surface area contributed by atoms with Gasteiger partial charge in [-0.15, -0.1) is 5.10 Å². The van der Waals surface area contributed by atoms with Crippen molar-refractivity contribution in [2.75, 3.05) is 0 Å². The molecule has 3 heterocycles. The minimum Gasteiger partial charge on any atom is -0.287 e. The van der Waals surface area contributed by atoms with Crippen molar-refractivity contribution in [3.05, 3.63) is 64.5 Å². The molecular formula is C17H13F3N6O. The minimum atomic E-state index is -2.71. The topological polar surface area (TPSA) is 81.4 Å². The van der Waals surface area contributed by atoms with Crippen molar-refractivity contribution in [3.63, 3.8) is 0 Å². The van der Waals surface area contributed by atoms with Crippen molar-refractivity contribution in [1.82, 2.24) is 29.5 Å². The van der Waals surface area contributed by atoms with E-state index in [4.69, 9.17) is 0 Å². The Morgan fingerprint density at radius 3 is 2.67 bits per heavy atom. The molecule has 0 aliphatic heterocycles. The van der Waals surface area contributed by atoms with Crippen LogP contribution in [0.5, 0.6) is 0 Å². The van der Waals surface area contributed by atoms with Gasteiger partial charge in [0, 0.05) is 11.8 Å². The lowest BCUT2D eigenvalue weighted by molar-refractivity contribution is 0.120. The molecule has 0 unspecified atom stereocenters. The second-order valence-electron chi connectivity index (χ2n) is 5.82. The molecule has 7 nitrogen and oxygen atoms in total. The maximum atomic E-state index is 14.0. The van der Waals surface area contributed by atoms with E-state index >= 15 is 0 Å². The fourth-order valence-electron chi connectivity index (χ4n) is 2.80. The molecule has 27 heavy (non-hydrogen) atoms. The van der Waals surface area contributed by atoms with Crippen LogP contribution >= 0.6 is 0 Å². The lowest BCUT2D eigenvalue weighted by Gasteiger charge is -2.04. The number of alkyl halides is 2. The maximum Gasteiger partial charge on any atom is 0.343 e. The van der Waals surface area contributed by atoms with Gasteiger partial charge < -0.3 is 0 Å². The standard InChI is InChI=1S/C17H13F3N6O/c18-12-6-2-1-4-10(12)8-25-16-11(5-3-7-21-16)14(23-25)15-22-17(27)26(24-15)9-13(19)20/h1-7,13H,8-9H2,(H,22,24,27). The third-order valence-corrected chi connectivity index (χ3v) is 4.00. The Hall–Kier alpha value is -3.43. The number of hydrogen-bond acceptors (Lipinski definition) is 4. The molecule has 0 saturated heterocycles. The Morgan fingerprint density at radius 1 is 1.07 bits per heavy atom. The van der Waals surface area contributed by atoms with E-state index in [-0.39, 0.29) is 23.9 Å². The Kier molecular flexibility index (Phi) is 4.22. The fraction of sp³-hybridized carbons (Fsp3) is 0.176. The maximum absolute atomic E-state index is 14.0. The van der Waals surface area contributed by atoms with Crippen molar-refractivity contribution in [2.45, 2.75) is 19.5 Å². The van der Waals surface area contributed by atoms with Crippen LogP contribution in [-0.4, -0.2) is 36.0 Å². The molecule has 0 aliphatic rings. The van der Waals surface area contributed by atoms with Gasteiger partial charge in [0.2, 0.25) is 0 Å². The molecule has 1 aromatic carbocycles. The molecule has 0 fully saturated rings. The van der Waals surface area contributed by atoms with Crippen molar-refractivity contribution < 1.29 is 13.2 Å². The summed E-state index contributed by atoms with van der Waals surface area (Å²) >= 11 is 0. The molecule has 0 radical (unpaired) electrons. The molecule has 0 atom stereocenters. The molecule has 3 aromatic heterocycles. The summed E-state index contributed by atoms with van der Waals surface area (Å²) < 4.78 is 41.3. The van der Waals surface area contributed by atoms with Gasteiger partial charge in [0.25, 0.3) is 6.43 Å². The largest absolute Gasteiger partial charge is 0.343 e. The number of nitrogens with zero attached hydrogens (tertiary/aromatic N) is 5. The van der Waals surface area contributed by atoms with Crippen LogP contribution in [0, 0.1) is 5.82 Å². The molecule has 0 amide bonds. The number of fused-ring (bicyclic) bond motifs is 1. The monoisotopic (exact) mass is 374 g/mol. The van der Waals surface area contributed by atoms with E-state index in [0.717, 1.165) is 0 Å². The van der Waals surface area contributed by atoms with E-state index < -0.39 is 18.7 Å². The average molecular weight is 374 g/mol. The Balaban J connectivity index is 1.81. The third kappa shape index (κ3) is 3.21. The van der Waals surface area contributed by atoms with Crippen LogP contribution in [-0.2, 0) is 13.1 Å². The van der Waals surface area contributed by atoms with Crippen LogP contribution in [0.4, 0.5) is 13.2 Å². The average Bonchev–Trinajstić information content (AvgIpc) is 3.18. The van der Waals surface area contributed by atoms with Gasteiger partial charge in [0.15, 0.2) is 11.5 Å². The van der Waals surface area contributed by atoms with Crippen molar-refractivity contribution in [3.8, 4) is 11.5 Å². The normalized spacial score (nSPS) is 11.6. The first-order chi connectivity index (χ1) is 13.0. The number of aromatic amines is 1. The van der Waals surface area contributed by atoms with Gasteiger partial charge in [0.1, 0.15) is 18.1 Å². The first kappa shape index (κ1) is 17.0. The van der Waals surface area contributed by atoms with Gasteiger partial charge in [-0.1, -0.05) is 18.2 Å². The van der Waals surface area contributed by atoms with E-state index in [2.05, 4.69) is 20.2 Å². The number of halogens is 3. The van der Waals surface area contributed by atoms with Crippen molar-refractivity contribution in [2.24, 2.45) is 0 Å². The first-order valence-electron chi connectivity index (χ1n) is 8.03. The molecule has 0 bridgehead atoms. The highest BCUT2D eigenvalue weighted by molar-refractivity contribution is 5.89. The molecular weight excluding hydrogens is 361 g/mol. The number of benzene rings is 1. The van der Waals surface area contributed by atoms with E-state index in [1.54, 1.807) is 36.5 Å². The highest BCUT2D eigenvalue weighted by Gasteiger charge is 2.19. The number of hydrogen-bond donors (Lipinski definition) is 1. The predicted octanol–water partition coefficient (Wildman–Crippen LogP) is 2.44. The molecule has 0 spiro atoms. The van der Waals surface area contributed by atoms with Crippen LogP contribution in [0.2, 0.25) is 0 Å². The van der Waals surface area contributed by atoms with E-state index in [0.29, 0.717) is 21.3 Å². The number of pyridine rings is 1. The first-order valence-corrected chi connectivity index (χ1v) is 8.03. The van der Waals surface area contributed by atoms with Crippen molar-refractivity contribution in [1.29, 1.82) is 0 Å². The summed E-state index contributed by atoms with van der Waals surface area (Å²) in [5, 5.41) is 8.84. The van der Waals surface area contributed by atoms with Gasteiger partial charge in [-0.2, -0.15) is 5.10 Å². The van der Waals surface area contributed by atoms with Gasteiger partial charge in [-0.05, 0) is 18.2 Å². The van der Waals surface area contributed by atoms with Gasteiger partial charge in [0.05, 0.1) is 11.9 Å². The smallest absolute Gasteiger partial charge is 0.287 e. The van der Waals surface area contributed by atoms with Crippen LogP contribution in [0.25, 0.3) is 22.6 Å². The second-order valence-corrected chi connectivity index (χ2v) is 5.82. The van der Waals surface area contributed by atoms with Crippen LogP contribution < -0.4 is 5.69 Å². The number of nitrogens with one attached hydrogen (secondary N) is 1. The van der Waals surface area contributed by atoms with Crippen LogP contribution in [0.1, 0.15) is 5.56 Å². The SMILES string of the molecule is O=c1[nH]c(-c2nn(Cc3ccccc3F)c3ncccc23)nn1CC(F)F. The van der Waals surface area contributed by atoms with Gasteiger partial charge in [-0.25, -0.2) is 32.3 Å². The zero-order valence-electron chi connectivity index (χ0n) is 13.8. The summed E-state index contributed by atoms with van der Waals surface area (Å²) in [6.07, 6.45) is -1.15. The quantitative estimate of drug-likeness (QED) is 0.582. The lowest BCUT2D eigenvalue weighted by Crippen LogP contribution is -2.21. The van der Waals surface area contributed by atoms with Crippen molar-refractivity contribution >= 4 is 11.0 Å². The number of H-pyrrole nitrogens is 1. The van der Waals surface area contributed by atoms with Gasteiger partial charge >= 0.3 is 5.69 Å². The Morgan fingerprint density at radius 2 is 1.89 bits per heavy atom. The molecule has 138 valence electrons. The predicted molar refractivity (Wildman–Crippen MR) is 90.9 cm³/mol. The summed E-state index contributed by atoms with van der Waals surface area (Å²) in [5.74, 6) is -0.334. The third-order valence-electron chi connectivity index (χ3n) is 4.00. The van der Waals surface area contributed by atoms with Crippen LogP contribution in [0.15, 0.2) is 47.4 Å². The fourth-order valence-corrected chi connectivity index (χ4v) is 2.80. The number of rotatable bonds is 5. The molecule has 4 aromatic rings. The zero-order chi connectivity index (χ0) is 19.0. The molecule has 0 saturated carbocycles. The second kappa shape index (κ2) is 6.71. The molecule has 4 rings (SSSR count). The minimum absolute atomic E-state index is 0.0472. The van der Waals surface area contributed by atoms with Gasteiger partial charge in [-0.3, -0.25) is 4.98 Å². The highest BCUT2D eigenvalue weighted by atomic mass is 19.3. The summed E-state index contributed by atoms with van der Waals surface area (Å²) in [5.41, 5.74) is 0.390. The van der Waals surface area contributed by atoms with Crippen LogP contribution in [0.3, 0.4) is 0 Å². The summed E-state index contributed by atoms with van der Waals surface area (Å²) in [4.78, 5) is 18.5. The summed E-state index contributed by atoms with van der Waals surface area (Å²) in [7, 11) is 0. The lowest BCUT2D eigenvalue weighted by atomic mass is 10.2. The van der Waals surface area contributed by atoms with E-state index in [1.807, 2.05) is 0 Å². The highest BCUT2D eigenvalue weighted by Crippen LogP contribution is 2.24. The molecule has 0 aliphatic carbocycles. The number of aromatic nitrogens is 6. The van der Waals surface area contributed by atoms with E-state index in [9.17, 15) is 18.0 Å². The summed E-state index contributed by atoms with van der Waals surface area (Å²) in [6.45, 7) is -0.705. The Bertz CT molecular complexity index is 1160. The summed E-state index contributed by atoms with van der Waals surface area (Å²) in [6, 6.07) is 9.66. The zero-order valence-corrected chi connectivity index (χ0v) is 13.8. The van der Waals surface area contributed by atoms with E-state index in [1.165, 1.54) is 10.7 Å². The Labute approximate surface area is 150 Å². The molecule has 1 N–H and O–H groups in total. The molecule has 10 heteroatoms.